The number of aliphatic hydroxyl groups is 1. The second-order valence-corrected chi connectivity index (χ2v) is 4.19. The molecule has 0 aromatic heterocycles. The maximum Gasteiger partial charge on any atom is 0.220 e. The monoisotopic (exact) mass is 303 g/mol. The Hall–Kier alpha value is -1.27. The minimum atomic E-state index is -0.424. The van der Waals surface area contributed by atoms with E-state index in [4.69, 9.17) is 20.3 Å². The molecule has 0 aliphatic rings. The van der Waals surface area contributed by atoms with Crippen LogP contribution in [0, 0.1) is 0 Å². The van der Waals surface area contributed by atoms with Crippen LogP contribution in [0.3, 0.4) is 0 Å². The zero-order chi connectivity index (χ0) is 12.8. The number of carbonyl (C=O) groups is 1. The minimum Gasteiger partial charge on any atom is -0.493 e. The lowest BCUT2D eigenvalue weighted by atomic mass is 10.2. The Bertz CT molecular complexity index is 409. The summed E-state index contributed by atoms with van der Waals surface area (Å²) >= 11 is 3.31. The van der Waals surface area contributed by atoms with Crippen LogP contribution in [0.4, 0.5) is 0 Å². The number of primary amides is 1. The van der Waals surface area contributed by atoms with Crippen LogP contribution in [-0.2, 0) is 11.4 Å². The van der Waals surface area contributed by atoms with Crippen LogP contribution in [-0.4, -0.2) is 24.7 Å². The summed E-state index contributed by atoms with van der Waals surface area (Å²) in [6.07, 6.45) is 0.136. The molecule has 5 nitrogen and oxygen atoms in total. The molecule has 1 amide bonds. The van der Waals surface area contributed by atoms with E-state index in [1.165, 1.54) is 7.11 Å². The minimum absolute atomic E-state index is 0.0868. The number of benzene rings is 1. The smallest absolute Gasteiger partial charge is 0.220 e. The highest BCUT2D eigenvalue weighted by molar-refractivity contribution is 9.10. The molecule has 0 atom stereocenters. The molecule has 0 saturated carbocycles. The Balaban J connectivity index is 2.86. The molecular weight excluding hydrogens is 290 g/mol. The number of hydrogen-bond acceptors (Lipinski definition) is 4. The third kappa shape index (κ3) is 3.90. The first-order chi connectivity index (χ1) is 8.08. The van der Waals surface area contributed by atoms with Crippen molar-refractivity contribution in [1.82, 2.24) is 0 Å². The molecule has 1 aromatic rings. The molecule has 0 unspecified atom stereocenters. The van der Waals surface area contributed by atoms with Gasteiger partial charge in [0.2, 0.25) is 5.91 Å². The van der Waals surface area contributed by atoms with E-state index in [2.05, 4.69) is 15.9 Å². The number of carbonyl (C=O) groups excluding carboxylic acids is 1. The van der Waals surface area contributed by atoms with Crippen molar-refractivity contribution >= 4 is 21.8 Å². The maximum atomic E-state index is 10.6. The first-order valence-corrected chi connectivity index (χ1v) is 5.76. The summed E-state index contributed by atoms with van der Waals surface area (Å²) < 4.78 is 11.2. The van der Waals surface area contributed by atoms with Gasteiger partial charge in [-0.15, -0.1) is 0 Å². The number of methoxy groups -OCH3 is 1. The SMILES string of the molecule is COc1cc(CO)cc(Br)c1OCCC(N)=O. The Morgan fingerprint density at radius 1 is 1.53 bits per heavy atom. The molecule has 0 aliphatic heterocycles. The number of nitrogens with two attached hydrogens (primary N) is 1. The number of ether oxygens (including phenoxy) is 2. The van der Waals surface area contributed by atoms with Gasteiger partial charge in [0, 0.05) is 0 Å². The zero-order valence-electron chi connectivity index (χ0n) is 9.40. The van der Waals surface area contributed by atoms with Crippen molar-refractivity contribution in [2.45, 2.75) is 13.0 Å². The fraction of sp³-hybridized carbons (Fsp3) is 0.364. The van der Waals surface area contributed by atoms with Crippen LogP contribution in [0.25, 0.3) is 0 Å². The van der Waals surface area contributed by atoms with Crippen LogP contribution < -0.4 is 15.2 Å². The number of rotatable bonds is 6. The summed E-state index contributed by atoms with van der Waals surface area (Å²) in [6, 6.07) is 3.40. The Labute approximate surface area is 108 Å². The molecule has 0 radical (unpaired) electrons. The lowest BCUT2D eigenvalue weighted by Gasteiger charge is -2.13. The van der Waals surface area contributed by atoms with Crippen molar-refractivity contribution in [2.75, 3.05) is 13.7 Å². The van der Waals surface area contributed by atoms with E-state index < -0.39 is 5.91 Å². The van der Waals surface area contributed by atoms with E-state index in [-0.39, 0.29) is 19.6 Å². The second kappa shape index (κ2) is 6.46. The van der Waals surface area contributed by atoms with E-state index in [1.807, 2.05) is 0 Å². The number of aliphatic hydroxyl groups excluding tert-OH is 1. The highest BCUT2D eigenvalue weighted by Crippen LogP contribution is 2.36. The predicted molar refractivity (Wildman–Crippen MR) is 65.9 cm³/mol. The second-order valence-electron chi connectivity index (χ2n) is 3.33. The highest BCUT2D eigenvalue weighted by atomic mass is 79.9. The van der Waals surface area contributed by atoms with Crippen molar-refractivity contribution in [2.24, 2.45) is 5.73 Å². The summed E-state index contributed by atoms with van der Waals surface area (Å²) in [5, 5.41) is 9.04. The molecule has 0 bridgehead atoms. The molecule has 3 N–H and O–H groups in total. The third-order valence-corrected chi connectivity index (χ3v) is 2.66. The van der Waals surface area contributed by atoms with Gasteiger partial charge in [-0.3, -0.25) is 4.79 Å². The van der Waals surface area contributed by atoms with Crippen LogP contribution >= 0.6 is 15.9 Å². The van der Waals surface area contributed by atoms with Gasteiger partial charge in [0.1, 0.15) is 0 Å². The largest absolute Gasteiger partial charge is 0.493 e. The van der Waals surface area contributed by atoms with Gasteiger partial charge in [0.25, 0.3) is 0 Å². The number of halogens is 1. The van der Waals surface area contributed by atoms with Crippen LogP contribution in [0.2, 0.25) is 0 Å². The van der Waals surface area contributed by atoms with Gasteiger partial charge in [0.05, 0.1) is 31.2 Å². The van der Waals surface area contributed by atoms with Crippen molar-refractivity contribution in [3.63, 3.8) is 0 Å². The van der Waals surface area contributed by atoms with Gasteiger partial charge in [-0.25, -0.2) is 0 Å². The Morgan fingerprint density at radius 2 is 2.24 bits per heavy atom. The standard InChI is InChI=1S/C11H14BrNO4/c1-16-9-5-7(6-14)4-8(12)11(9)17-3-2-10(13)15/h4-5,14H,2-3,6H2,1H3,(H2,13,15). The van der Waals surface area contributed by atoms with Gasteiger partial charge in [-0.1, -0.05) is 0 Å². The van der Waals surface area contributed by atoms with Crippen molar-refractivity contribution in [1.29, 1.82) is 0 Å². The quantitative estimate of drug-likeness (QED) is 0.827. The van der Waals surface area contributed by atoms with Crippen LogP contribution in [0.15, 0.2) is 16.6 Å². The van der Waals surface area contributed by atoms with Crippen molar-refractivity contribution < 1.29 is 19.4 Å². The normalized spacial score (nSPS) is 10.1. The highest BCUT2D eigenvalue weighted by Gasteiger charge is 2.11. The molecule has 0 heterocycles. The molecule has 1 rings (SSSR count). The molecule has 0 saturated heterocycles. The van der Waals surface area contributed by atoms with Gasteiger partial charge < -0.3 is 20.3 Å². The molecule has 94 valence electrons. The first-order valence-electron chi connectivity index (χ1n) is 4.96. The maximum absolute atomic E-state index is 10.6. The van der Waals surface area contributed by atoms with Crippen LogP contribution in [0.5, 0.6) is 11.5 Å². The lowest BCUT2D eigenvalue weighted by molar-refractivity contribution is -0.118. The molecule has 0 fully saturated rings. The van der Waals surface area contributed by atoms with E-state index in [1.54, 1.807) is 12.1 Å². The molecule has 6 heteroatoms. The van der Waals surface area contributed by atoms with E-state index in [0.717, 1.165) is 0 Å². The molecule has 1 aromatic carbocycles. The summed E-state index contributed by atoms with van der Waals surface area (Å²) in [5.41, 5.74) is 5.72. The average Bonchev–Trinajstić information content (AvgIpc) is 2.30. The van der Waals surface area contributed by atoms with Gasteiger partial charge >= 0.3 is 0 Å². The first kappa shape index (κ1) is 13.8. The van der Waals surface area contributed by atoms with Crippen molar-refractivity contribution in [3.8, 4) is 11.5 Å². The summed E-state index contributed by atoms with van der Waals surface area (Å²) in [4.78, 5) is 10.6. The number of hydrogen-bond donors (Lipinski definition) is 2. The molecule has 0 spiro atoms. The summed E-state index contributed by atoms with van der Waals surface area (Å²) in [5.74, 6) is 0.561. The average molecular weight is 304 g/mol. The van der Waals surface area contributed by atoms with E-state index in [9.17, 15) is 4.79 Å². The van der Waals surface area contributed by atoms with Gasteiger partial charge in [0.15, 0.2) is 11.5 Å². The number of amides is 1. The summed E-state index contributed by atoms with van der Waals surface area (Å²) in [6.45, 7) is 0.0965. The third-order valence-electron chi connectivity index (χ3n) is 2.07. The van der Waals surface area contributed by atoms with E-state index >= 15 is 0 Å². The topological polar surface area (TPSA) is 81.8 Å². The fourth-order valence-corrected chi connectivity index (χ4v) is 1.86. The zero-order valence-corrected chi connectivity index (χ0v) is 11.0. The van der Waals surface area contributed by atoms with Crippen molar-refractivity contribution in [3.05, 3.63) is 22.2 Å². The Kier molecular flexibility index (Phi) is 5.24. The van der Waals surface area contributed by atoms with E-state index in [0.29, 0.717) is 21.5 Å². The lowest BCUT2D eigenvalue weighted by Crippen LogP contribution is -2.15. The fourth-order valence-electron chi connectivity index (χ4n) is 1.26. The predicted octanol–water partition coefficient (Wildman–Crippen LogP) is 1.20. The molecular formula is C11H14BrNO4. The Morgan fingerprint density at radius 3 is 2.76 bits per heavy atom. The van der Waals surface area contributed by atoms with Gasteiger partial charge in [-0.05, 0) is 33.6 Å². The van der Waals surface area contributed by atoms with Crippen LogP contribution in [0.1, 0.15) is 12.0 Å². The molecule has 0 aliphatic carbocycles. The molecule has 17 heavy (non-hydrogen) atoms. The summed E-state index contributed by atoms with van der Waals surface area (Å²) in [7, 11) is 1.50. The van der Waals surface area contributed by atoms with Gasteiger partial charge in [-0.2, -0.15) is 0 Å².